The molecule has 2 N–H and O–H groups in total. The lowest BCUT2D eigenvalue weighted by atomic mass is 10.0. The predicted octanol–water partition coefficient (Wildman–Crippen LogP) is 6.76. The van der Waals surface area contributed by atoms with E-state index < -0.39 is 0 Å². The zero-order chi connectivity index (χ0) is 21.1. The second-order valence-electron chi connectivity index (χ2n) is 6.64. The van der Waals surface area contributed by atoms with Crippen molar-refractivity contribution in [3.8, 4) is 0 Å². The minimum atomic E-state index is -0.278. The van der Waals surface area contributed by atoms with Crippen LogP contribution in [0.5, 0.6) is 0 Å². The number of anilines is 2. The van der Waals surface area contributed by atoms with E-state index in [1.807, 2.05) is 30.3 Å². The number of carbonyl (C=O) groups excluding carboxylic acids is 2. The summed E-state index contributed by atoms with van der Waals surface area (Å²) in [4.78, 5) is 25.3. The fourth-order valence-electron chi connectivity index (χ4n) is 3.18. The lowest BCUT2D eigenvalue weighted by molar-refractivity contribution is 0.102. The van der Waals surface area contributed by atoms with Crippen LogP contribution in [0.4, 0.5) is 11.4 Å². The summed E-state index contributed by atoms with van der Waals surface area (Å²) in [5.74, 6) is -0.503. The topological polar surface area (TPSA) is 58.2 Å². The van der Waals surface area contributed by atoms with Crippen molar-refractivity contribution in [2.24, 2.45) is 0 Å². The van der Waals surface area contributed by atoms with E-state index in [2.05, 4.69) is 26.6 Å². The van der Waals surface area contributed by atoms with Gasteiger partial charge in [0.1, 0.15) is 0 Å². The van der Waals surface area contributed by atoms with Gasteiger partial charge in [-0.2, -0.15) is 0 Å². The highest BCUT2D eigenvalue weighted by molar-refractivity contribution is 9.10. The highest BCUT2D eigenvalue weighted by Crippen LogP contribution is 2.27. The minimum absolute atomic E-state index is 0.225. The summed E-state index contributed by atoms with van der Waals surface area (Å²) < 4.78 is 0.931. The number of carbonyl (C=O) groups is 2. The fourth-order valence-corrected chi connectivity index (χ4v) is 3.86. The highest BCUT2D eigenvalue weighted by atomic mass is 79.9. The summed E-state index contributed by atoms with van der Waals surface area (Å²) in [5, 5.41) is 8.04. The van der Waals surface area contributed by atoms with Crippen LogP contribution in [0.3, 0.4) is 0 Å². The summed E-state index contributed by atoms with van der Waals surface area (Å²) in [6, 6.07) is 25.1. The molecule has 0 atom stereocenters. The van der Waals surface area contributed by atoms with Gasteiger partial charge in [-0.05, 0) is 59.3 Å². The molecule has 0 aliphatic rings. The lowest BCUT2D eigenvalue weighted by Crippen LogP contribution is -2.14. The van der Waals surface area contributed by atoms with E-state index in [-0.39, 0.29) is 11.8 Å². The zero-order valence-electron chi connectivity index (χ0n) is 15.7. The Bertz CT molecular complexity index is 1270. The van der Waals surface area contributed by atoms with E-state index in [9.17, 15) is 9.59 Å². The van der Waals surface area contributed by atoms with Crippen molar-refractivity contribution >= 4 is 61.5 Å². The molecule has 0 radical (unpaired) electrons. The Morgan fingerprint density at radius 2 is 1.33 bits per heavy atom. The maximum Gasteiger partial charge on any atom is 0.256 e. The van der Waals surface area contributed by atoms with E-state index in [1.54, 1.807) is 54.6 Å². The first-order valence-corrected chi connectivity index (χ1v) is 10.3. The van der Waals surface area contributed by atoms with Crippen LogP contribution in [0.2, 0.25) is 5.02 Å². The molecule has 4 rings (SSSR count). The molecular weight excluding hydrogens is 464 g/mol. The number of benzene rings is 4. The Morgan fingerprint density at radius 1 is 0.700 bits per heavy atom. The van der Waals surface area contributed by atoms with Gasteiger partial charge in [0.25, 0.3) is 11.8 Å². The number of nitrogens with one attached hydrogen (secondary N) is 2. The Hall–Kier alpha value is -3.15. The van der Waals surface area contributed by atoms with Crippen LogP contribution in [0.15, 0.2) is 89.4 Å². The molecule has 4 aromatic carbocycles. The lowest BCUT2D eigenvalue weighted by Gasteiger charge is -2.11. The number of hydrogen-bond donors (Lipinski definition) is 2. The molecule has 30 heavy (non-hydrogen) atoms. The van der Waals surface area contributed by atoms with Crippen molar-refractivity contribution in [3.05, 3.63) is 106 Å². The van der Waals surface area contributed by atoms with Crippen molar-refractivity contribution in [1.29, 1.82) is 0 Å². The predicted molar refractivity (Wildman–Crippen MR) is 125 cm³/mol. The highest BCUT2D eigenvalue weighted by Gasteiger charge is 2.12. The molecule has 0 bridgehead atoms. The maximum absolute atomic E-state index is 12.9. The number of rotatable bonds is 4. The average Bonchev–Trinajstić information content (AvgIpc) is 2.74. The summed E-state index contributed by atoms with van der Waals surface area (Å²) in [5.41, 5.74) is 2.18. The van der Waals surface area contributed by atoms with Crippen LogP contribution >= 0.6 is 27.5 Å². The van der Waals surface area contributed by atoms with Gasteiger partial charge < -0.3 is 10.6 Å². The molecule has 0 spiro atoms. The van der Waals surface area contributed by atoms with Gasteiger partial charge in [-0.15, -0.1) is 0 Å². The first kappa shape index (κ1) is 20.1. The first-order valence-electron chi connectivity index (χ1n) is 9.17. The molecule has 0 saturated carbocycles. The third-order valence-electron chi connectivity index (χ3n) is 4.58. The summed E-state index contributed by atoms with van der Waals surface area (Å²) in [7, 11) is 0. The van der Waals surface area contributed by atoms with E-state index in [4.69, 9.17) is 11.6 Å². The van der Waals surface area contributed by atoms with Crippen molar-refractivity contribution in [2.45, 2.75) is 0 Å². The summed E-state index contributed by atoms with van der Waals surface area (Å²) >= 11 is 9.48. The van der Waals surface area contributed by atoms with Crippen molar-refractivity contribution < 1.29 is 9.59 Å². The van der Waals surface area contributed by atoms with Gasteiger partial charge in [-0.1, -0.05) is 63.9 Å². The number of fused-ring (bicyclic) bond motifs is 1. The number of amides is 2. The quantitative estimate of drug-likeness (QED) is 0.340. The average molecular weight is 480 g/mol. The van der Waals surface area contributed by atoms with Crippen LogP contribution < -0.4 is 10.6 Å². The SMILES string of the molecule is O=C(Nc1cccc(NC(=O)c2cccc3c(Br)cccc23)c1)c1cccc(Cl)c1. The van der Waals surface area contributed by atoms with Gasteiger partial charge in [0, 0.05) is 32.0 Å². The molecule has 148 valence electrons. The standard InChI is InChI=1S/C24H16BrClN2O2/c25-22-12-4-9-19-20(22)10-3-11-21(19)24(30)28-18-8-2-7-17(14-18)27-23(29)15-5-1-6-16(26)13-15/h1-14H,(H,27,29)(H,28,30). The van der Waals surface area contributed by atoms with E-state index in [0.29, 0.717) is 27.5 Å². The molecule has 0 unspecified atom stereocenters. The largest absolute Gasteiger partial charge is 0.322 e. The van der Waals surface area contributed by atoms with E-state index in [1.165, 1.54) is 0 Å². The molecular formula is C24H16BrClN2O2. The van der Waals surface area contributed by atoms with Gasteiger partial charge in [0.15, 0.2) is 0 Å². The Labute approximate surface area is 187 Å². The number of hydrogen-bond acceptors (Lipinski definition) is 2. The maximum atomic E-state index is 12.9. The fraction of sp³-hybridized carbons (Fsp3) is 0. The third-order valence-corrected chi connectivity index (χ3v) is 5.51. The first-order chi connectivity index (χ1) is 14.5. The Kier molecular flexibility index (Phi) is 5.84. The van der Waals surface area contributed by atoms with E-state index >= 15 is 0 Å². The molecule has 2 amide bonds. The molecule has 4 nitrogen and oxygen atoms in total. The van der Waals surface area contributed by atoms with Crippen molar-refractivity contribution in [2.75, 3.05) is 10.6 Å². The second kappa shape index (κ2) is 8.69. The molecule has 4 aromatic rings. The molecule has 6 heteroatoms. The molecule has 0 saturated heterocycles. The Balaban J connectivity index is 1.54. The molecule has 0 aromatic heterocycles. The van der Waals surface area contributed by atoms with Gasteiger partial charge in [0.05, 0.1) is 0 Å². The molecule has 0 aliphatic heterocycles. The Morgan fingerprint density at radius 3 is 2.10 bits per heavy atom. The summed E-state index contributed by atoms with van der Waals surface area (Å²) in [6.45, 7) is 0. The second-order valence-corrected chi connectivity index (χ2v) is 7.93. The minimum Gasteiger partial charge on any atom is -0.322 e. The van der Waals surface area contributed by atoms with Crippen LogP contribution in [-0.4, -0.2) is 11.8 Å². The van der Waals surface area contributed by atoms with Crippen LogP contribution in [0.25, 0.3) is 10.8 Å². The van der Waals surface area contributed by atoms with Crippen molar-refractivity contribution in [3.63, 3.8) is 0 Å². The molecule has 0 heterocycles. The smallest absolute Gasteiger partial charge is 0.256 e. The van der Waals surface area contributed by atoms with Crippen LogP contribution in [-0.2, 0) is 0 Å². The summed E-state index contributed by atoms with van der Waals surface area (Å²) in [6.07, 6.45) is 0. The van der Waals surface area contributed by atoms with Gasteiger partial charge in [-0.3, -0.25) is 9.59 Å². The van der Waals surface area contributed by atoms with Crippen LogP contribution in [0.1, 0.15) is 20.7 Å². The van der Waals surface area contributed by atoms with Gasteiger partial charge in [-0.25, -0.2) is 0 Å². The normalized spacial score (nSPS) is 10.6. The third kappa shape index (κ3) is 4.37. The zero-order valence-corrected chi connectivity index (χ0v) is 18.0. The van der Waals surface area contributed by atoms with Gasteiger partial charge in [0.2, 0.25) is 0 Å². The number of halogens is 2. The molecule has 0 fully saturated rings. The van der Waals surface area contributed by atoms with Crippen LogP contribution in [0, 0.1) is 0 Å². The van der Waals surface area contributed by atoms with Gasteiger partial charge >= 0.3 is 0 Å². The monoisotopic (exact) mass is 478 g/mol. The van der Waals surface area contributed by atoms with Crippen molar-refractivity contribution in [1.82, 2.24) is 0 Å². The molecule has 0 aliphatic carbocycles. The van der Waals surface area contributed by atoms with E-state index in [0.717, 1.165) is 15.2 Å².